The predicted octanol–water partition coefficient (Wildman–Crippen LogP) is 5.94. The minimum absolute atomic E-state index is 0.0749. The van der Waals surface area contributed by atoms with Crippen molar-refractivity contribution in [3.63, 3.8) is 0 Å². The molecule has 0 saturated carbocycles. The number of allylic oxidation sites excluding steroid dienone is 3. The fourth-order valence-corrected chi connectivity index (χ4v) is 3.80. The monoisotopic (exact) mass is 446 g/mol. The Bertz CT molecular complexity index is 907. The van der Waals surface area contributed by atoms with Crippen molar-refractivity contribution >= 4 is 29.3 Å². The van der Waals surface area contributed by atoms with Crippen molar-refractivity contribution < 1.29 is 23.9 Å². The number of hydrogen-bond acceptors (Lipinski definition) is 5. The Morgan fingerprint density at radius 2 is 1.19 bits per heavy atom. The smallest absolute Gasteiger partial charge is 0.342 e. The average Bonchev–Trinajstić information content (AvgIpc) is 2.81. The van der Waals surface area contributed by atoms with Crippen molar-refractivity contribution in [1.29, 1.82) is 0 Å². The third kappa shape index (κ3) is 6.17. The van der Waals surface area contributed by atoms with Crippen LogP contribution in [-0.4, -0.2) is 31.9 Å². The van der Waals surface area contributed by atoms with Gasteiger partial charge in [-0.2, -0.15) is 0 Å². The van der Waals surface area contributed by atoms with E-state index >= 15 is 0 Å². The topological polar surface area (TPSA) is 69.7 Å². The van der Waals surface area contributed by atoms with E-state index in [9.17, 15) is 14.4 Å². The first-order valence-electron chi connectivity index (χ1n) is 10.4. The summed E-state index contributed by atoms with van der Waals surface area (Å²) in [5, 5.41) is 0.684. The van der Waals surface area contributed by atoms with Gasteiger partial charge in [0.2, 0.25) is 5.78 Å². The lowest BCUT2D eigenvalue weighted by atomic mass is 9.85. The zero-order valence-corrected chi connectivity index (χ0v) is 19.9. The maximum absolute atomic E-state index is 13.3. The third-order valence-electron chi connectivity index (χ3n) is 5.02. The van der Waals surface area contributed by atoms with Crippen LogP contribution in [0.5, 0.6) is 0 Å². The fraction of sp³-hybridized carbons (Fsp3) is 0.400. The van der Waals surface area contributed by atoms with E-state index in [4.69, 9.17) is 21.1 Å². The van der Waals surface area contributed by atoms with Crippen LogP contribution in [0, 0.1) is 0 Å². The molecule has 0 spiro atoms. The van der Waals surface area contributed by atoms with Gasteiger partial charge in [-0.3, -0.25) is 4.79 Å². The lowest BCUT2D eigenvalue weighted by Crippen LogP contribution is -2.23. The second kappa shape index (κ2) is 12.9. The van der Waals surface area contributed by atoms with Gasteiger partial charge in [0.05, 0.1) is 19.8 Å². The zero-order chi connectivity index (χ0) is 23.6. The van der Waals surface area contributed by atoms with Gasteiger partial charge in [-0.25, -0.2) is 9.59 Å². The minimum atomic E-state index is -0.890. The van der Waals surface area contributed by atoms with Gasteiger partial charge in [0.15, 0.2) is 0 Å². The summed E-state index contributed by atoms with van der Waals surface area (Å²) >= 11 is 6.51. The number of benzene rings is 1. The fourth-order valence-electron chi connectivity index (χ4n) is 3.55. The summed E-state index contributed by atoms with van der Waals surface area (Å²) in [6, 6.07) is 8.31. The van der Waals surface area contributed by atoms with Crippen molar-refractivity contribution in [2.45, 2.75) is 53.4 Å². The van der Waals surface area contributed by atoms with Crippen LogP contribution in [0.15, 0.2) is 63.2 Å². The van der Waals surface area contributed by atoms with Crippen LogP contribution < -0.4 is 0 Å². The van der Waals surface area contributed by atoms with Gasteiger partial charge < -0.3 is 9.47 Å². The molecule has 0 aliphatic rings. The molecule has 0 amide bonds. The standard InChI is InChI=1S/C25H31ClO5/c1-7-17(18(8-2)20(26)10-4)19(9-3)21(24(28)30-5)22(25(29)31-6)23(27)16-14-12-11-13-15-16/h11-15H,7-10H2,1-6H3/b19-17-,20-18-,22-21-. The van der Waals surface area contributed by atoms with E-state index in [1.165, 1.54) is 14.2 Å². The first-order chi connectivity index (χ1) is 14.8. The number of carbonyl (C=O) groups is 3. The van der Waals surface area contributed by atoms with Crippen molar-refractivity contribution in [1.82, 2.24) is 0 Å². The van der Waals surface area contributed by atoms with Crippen LogP contribution >= 0.6 is 11.6 Å². The molecular formula is C25H31ClO5. The van der Waals surface area contributed by atoms with E-state index in [0.29, 0.717) is 36.3 Å². The number of ether oxygens (including phenoxy) is 2. The van der Waals surface area contributed by atoms with Crippen molar-refractivity contribution in [3.8, 4) is 0 Å². The summed E-state index contributed by atoms with van der Waals surface area (Å²) in [6.07, 6.45) is 2.24. The molecule has 168 valence electrons. The normalized spacial score (nSPS) is 13.5. The number of ketones is 1. The average molecular weight is 447 g/mol. The molecule has 1 rings (SSSR count). The highest BCUT2D eigenvalue weighted by molar-refractivity contribution is 6.30. The summed E-state index contributed by atoms with van der Waals surface area (Å²) in [6.45, 7) is 7.75. The van der Waals surface area contributed by atoms with Gasteiger partial charge in [0, 0.05) is 10.6 Å². The van der Waals surface area contributed by atoms with Crippen LogP contribution in [0.4, 0.5) is 0 Å². The van der Waals surface area contributed by atoms with Gasteiger partial charge in [-0.1, -0.05) is 69.6 Å². The largest absolute Gasteiger partial charge is 0.465 e. The number of esters is 2. The second-order valence-electron chi connectivity index (χ2n) is 6.68. The Hall–Kier alpha value is -2.66. The van der Waals surface area contributed by atoms with Crippen LogP contribution in [0.2, 0.25) is 0 Å². The molecule has 0 fully saturated rings. The van der Waals surface area contributed by atoms with Crippen molar-refractivity contribution in [2.75, 3.05) is 14.2 Å². The van der Waals surface area contributed by atoms with E-state index in [2.05, 4.69) is 0 Å². The Morgan fingerprint density at radius 1 is 0.710 bits per heavy atom. The maximum Gasteiger partial charge on any atom is 0.342 e. The van der Waals surface area contributed by atoms with Crippen LogP contribution in [0.25, 0.3) is 0 Å². The molecule has 0 aromatic heterocycles. The van der Waals surface area contributed by atoms with E-state index < -0.39 is 17.7 Å². The predicted molar refractivity (Wildman–Crippen MR) is 123 cm³/mol. The van der Waals surface area contributed by atoms with Gasteiger partial charge in [0.25, 0.3) is 0 Å². The molecule has 6 heteroatoms. The Morgan fingerprint density at radius 3 is 1.61 bits per heavy atom. The number of methoxy groups -OCH3 is 2. The minimum Gasteiger partial charge on any atom is -0.465 e. The van der Waals surface area contributed by atoms with Crippen molar-refractivity contribution in [2.24, 2.45) is 0 Å². The summed E-state index contributed by atoms with van der Waals surface area (Å²) in [5.41, 5.74) is 2.15. The SMILES string of the molecule is CC/C(Cl)=C(CC)/C(CC)=C(CC)\C(C(=O)OC)=C(\C(=O)OC)C(=O)c1ccccc1. The molecule has 0 radical (unpaired) electrons. The van der Waals surface area contributed by atoms with Gasteiger partial charge in [-0.05, 0) is 42.4 Å². The number of rotatable bonds is 10. The highest BCUT2D eigenvalue weighted by atomic mass is 35.5. The van der Waals surface area contributed by atoms with E-state index in [-0.39, 0.29) is 16.7 Å². The molecule has 0 bridgehead atoms. The highest BCUT2D eigenvalue weighted by Crippen LogP contribution is 2.34. The molecule has 31 heavy (non-hydrogen) atoms. The van der Waals surface area contributed by atoms with E-state index in [0.717, 1.165) is 11.1 Å². The van der Waals surface area contributed by atoms with E-state index in [1.54, 1.807) is 30.3 Å². The third-order valence-corrected chi connectivity index (χ3v) is 5.52. The summed E-state index contributed by atoms with van der Waals surface area (Å²) in [7, 11) is 2.40. The summed E-state index contributed by atoms with van der Waals surface area (Å²) in [5.74, 6) is -2.26. The van der Waals surface area contributed by atoms with E-state index in [1.807, 2.05) is 27.7 Å². The first kappa shape index (κ1) is 26.4. The van der Waals surface area contributed by atoms with Crippen molar-refractivity contribution in [3.05, 3.63) is 68.8 Å². The Labute approximate surface area is 189 Å². The molecule has 1 aromatic rings. The Balaban J connectivity index is 4.12. The molecule has 0 unspecified atom stereocenters. The van der Waals surface area contributed by atoms with Gasteiger partial charge in [-0.15, -0.1) is 0 Å². The molecule has 1 aromatic carbocycles. The van der Waals surface area contributed by atoms with Crippen LogP contribution in [0.1, 0.15) is 63.7 Å². The number of hydrogen-bond donors (Lipinski definition) is 0. The summed E-state index contributed by atoms with van der Waals surface area (Å²) in [4.78, 5) is 39.1. The van der Waals surface area contributed by atoms with Crippen LogP contribution in [-0.2, 0) is 19.1 Å². The number of carbonyl (C=O) groups excluding carboxylic acids is 3. The number of Topliss-reactive ketones (excluding diaryl/α,β-unsaturated/α-hetero) is 1. The van der Waals surface area contributed by atoms with Gasteiger partial charge >= 0.3 is 11.9 Å². The number of halogens is 1. The first-order valence-corrected chi connectivity index (χ1v) is 10.8. The molecule has 0 aliphatic carbocycles. The molecule has 0 N–H and O–H groups in total. The lowest BCUT2D eigenvalue weighted by Gasteiger charge is -2.20. The molecular weight excluding hydrogens is 416 g/mol. The molecule has 0 atom stereocenters. The molecule has 0 heterocycles. The molecule has 0 aliphatic heterocycles. The lowest BCUT2D eigenvalue weighted by molar-refractivity contribution is -0.138. The van der Waals surface area contributed by atoms with Gasteiger partial charge in [0.1, 0.15) is 5.57 Å². The zero-order valence-electron chi connectivity index (χ0n) is 19.1. The highest BCUT2D eigenvalue weighted by Gasteiger charge is 2.32. The Kier molecular flexibility index (Phi) is 11.0. The van der Waals surface area contributed by atoms with Crippen LogP contribution in [0.3, 0.4) is 0 Å². The maximum atomic E-state index is 13.3. The quantitative estimate of drug-likeness (QED) is 0.111. The molecule has 0 saturated heterocycles. The molecule has 5 nitrogen and oxygen atoms in total. The second-order valence-corrected chi connectivity index (χ2v) is 7.14. The summed E-state index contributed by atoms with van der Waals surface area (Å²) < 4.78 is 9.92.